The van der Waals surface area contributed by atoms with Crippen LogP contribution in [0.25, 0.3) is 0 Å². The van der Waals surface area contributed by atoms with Crippen LogP contribution < -0.4 is 10.6 Å². The van der Waals surface area contributed by atoms with Crippen LogP contribution in [0.5, 0.6) is 0 Å². The molecule has 0 aromatic rings. The Balaban J connectivity index is 2.28. The lowest BCUT2D eigenvalue weighted by Crippen LogP contribution is -2.44. The topological polar surface area (TPSA) is 41.1 Å². The van der Waals surface area contributed by atoms with Gasteiger partial charge in [0.25, 0.3) is 0 Å². The minimum Gasteiger partial charge on any atom is -0.358 e. The second-order valence-electron chi connectivity index (χ2n) is 4.12. The molecule has 3 heteroatoms. The van der Waals surface area contributed by atoms with E-state index in [0.717, 1.165) is 5.92 Å². The quantitative estimate of drug-likeness (QED) is 0.684. The van der Waals surface area contributed by atoms with Gasteiger partial charge in [-0.25, -0.2) is 0 Å². The van der Waals surface area contributed by atoms with E-state index < -0.39 is 0 Å². The number of carbonyl (C=O) groups is 1. The maximum Gasteiger partial charge on any atom is 0.236 e. The fraction of sp³-hybridized carbons (Fsp3) is 0.900. The van der Waals surface area contributed by atoms with Gasteiger partial charge in [0.1, 0.15) is 0 Å². The number of amides is 1. The molecule has 1 fully saturated rings. The molecular formula is C10H20N2O. The molecule has 1 aliphatic rings. The Labute approximate surface area is 80.3 Å². The molecule has 1 saturated carbocycles. The molecule has 0 spiro atoms. The summed E-state index contributed by atoms with van der Waals surface area (Å²) >= 11 is 0. The van der Waals surface area contributed by atoms with Crippen molar-refractivity contribution in [3.63, 3.8) is 0 Å². The van der Waals surface area contributed by atoms with E-state index in [0.29, 0.717) is 6.04 Å². The number of likely N-dealkylation sites (N-methyl/N-ethyl adjacent to an activating group) is 1. The molecule has 0 bridgehead atoms. The van der Waals surface area contributed by atoms with Crippen molar-refractivity contribution in [2.45, 2.75) is 45.2 Å². The van der Waals surface area contributed by atoms with Crippen LogP contribution in [0.3, 0.4) is 0 Å². The predicted molar refractivity (Wildman–Crippen MR) is 53.5 cm³/mol. The Morgan fingerprint density at radius 2 is 2.15 bits per heavy atom. The van der Waals surface area contributed by atoms with Gasteiger partial charge in [0, 0.05) is 13.1 Å². The lowest BCUT2D eigenvalue weighted by atomic mass is 10.1. The third kappa shape index (κ3) is 2.99. The molecule has 3 unspecified atom stereocenters. The maximum absolute atomic E-state index is 11.2. The molecule has 0 saturated heterocycles. The SMILES string of the molecule is CNC(=O)C(C)NC1CCC(C)C1. The first-order valence-electron chi connectivity index (χ1n) is 5.11. The highest BCUT2D eigenvalue weighted by atomic mass is 16.2. The highest BCUT2D eigenvalue weighted by molar-refractivity contribution is 5.80. The molecular weight excluding hydrogens is 164 g/mol. The van der Waals surface area contributed by atoms with E-state index in [4.69, 9.17) is 0 Å². The number of carbonyl (C=O) groups excluding carboxylic acids is 1. The Kier molecular flexibility index (Phi) is 3.72. The first kappa shape index (κ1) is 10.5. The standard InChI is InChI=1S/C10H20N2O/c1-7-4-5-9(6-7)12-8(2)10(13)11-3/h7-9,12H,4-6H2,1-3H3,(H,11,13). The van der Waals surface area contributed by atoms with E-state index in [1.807, 2.05) is 6.92 Å². The van der Waals surface area contributed by atoms with Gasteiger partial charge in [0.2, 0.25) is 5.91 Å². The van der Waals surface area contributed by atoms with Crippen LogP contribution in [-0.4, -0.2) is 25.0 Å². The molecule has 0 aliphatic heterocycles. The van der Waals surface area contributed by atoms with Gasteiger partial charge in [0.15, 0.2) is 0 Å². The molecule has 0 aromatic carbocycles. The zero-order chi connectivity index (χ0) is 9.84. The Bertz CT molecular complexity index is 182. The monoisotopic (exact) mass is 184 g/mol. The fourth-order valence-electron chi connectivity index (χ4n) is 2.00. The van der Waals surface area contributed by atoms with E-state index in [1.165, 1.54) is 19.3 Å². The number of rotatable bonds is 3. The van der Waals surface area contributed by atoms with Crippen molar-refractivity contribution in [3.05, 3.63) is 0 Å². The average molecular weight is 184 g/mol. The molecule has 0 aromatic heterocycles. The van der Waals surface area contributed by atoms with E-state index in [2.05, 4.69) is 17.6 Å². The third-order valence-corrected chi connectivity index (χ3v) is 2.82. The van der Waals surface area contributed by atoms with E-state index in [9.17, 15) is 4.79 Å². The van der Waals surface area contributed by atoms with Gasteiger partial charge in [-0.3, -0.25) is 4.79 Å². The molecule has 2 N–H and O–H groups in total. The van der Waals surface area contributed by atoms with Gasteiger partial charge in [-0.05, 0) is 32.1 Å². The summed E-state index contributed by atoms with van der Waals surface area (Å²) in [4.78, 5) is 11.2. The number of nitrogens with one attached hydrogen (secondary N) is 2. The van der Waals surface area contributed by atoms with Crippen LogP contribution >= 0.6 is 0 Å². The van der Waals surface area contributed by atoms with Gasteiger partial charge in [-0.15, -0.1) is 0 Å². The van der Waals surface area contributed by atoms with Crippen molar-refractivity contribution in [3.8, 4) is 0 Å². The minimum atomic E-state index is -0.0553. The fourth-order valence-corrected chi connectivity index (χ4v) is 2.00. The van der Waals surface area contributed by atoms with Crippen molar-refractivity contribution < 1.29 is 4.79 Å². The summed E-state index contributed by atoms with van der Waals surface area (Å²) in [5.41, 5.74) is 0. The van der Waals surface area contributed by atoms with Crippen LogP contribution in [-0.2, 0) is 4.79 Å². The summed E-state index contributed by atoms with van der Waals surface area (Å²) in [5, 5.41) is 6.00. The molecule has 3 atom stereocenters. The van der Waals surface area contributed by atoms with Crippen molar-refractivity contribution in [1.82, 2.24) is 10.6 Å². The lowest BCUT2D eigenvalue weighted by Gasteiger charge is -2.17. The first-order chi connectivity index (χ1) is 6.13. The summed E-state index contributed by atoms with van der Waals surface area (Å²) < 4.78 is 0. The van der Waals surface area contributed by atoms with Crippen LogP contribution in [0.2, 0.25) is 0 Å². The van der Waals surface area contributed by atoms with Crippen LogP contribution in [0, 0.1) is 5.92 Å². The van der Waals surface area contributed by atoms with Crippen molar-refractivity contribution >= 4 is 5.91 Å². The number of hydrogen-bond donors (Lipinski definition) is 2. The smallest absolute Gasteiger partial charge is 0.236 e. The maximum atomic E-state index is 11.2. The number of hydrogen-bond acceptors (Lipinski definition) is 2. The van der Waals surface area contributed by atoms with Gasteiger partial charge >= 0.3 is 0 Å². The second-order valence-corrected chi connectivity index (χ2v) is 4.12. The molecule has 3 nitrogen and oxygen atoms in total. The van der Waals surface area contributed by atoms with Gasteiger partial charge in [0.05, 0.1) is 6.04 Å². The predicted octanol–water partition coefficient (Wildman–Crippen LogP) is 0.899. The minimum absolute atomic E-state index is 0.0553. The zero-order valence-electron chi connectivity index (χ0n) is 8.76. The summed E-state index contributed by atoms with van der Waals surface area (Å²) in [5.74, 6) is 0.897. The Hall–Kier alpha value is -0.570. The Morgan fingerprint density at radius 3 is 2.62 bits per heavy atom. The van der Waals surface area contributed by atoms with Gasteiger partial charge in [-0.2, -0.15) is 0 Å². The largest absolute Gasteiger partial charge is 0.358 e. The summed E-state index contributed by atoms with van der Waals surface area (Å²) in [6, 6.07) is 0.489. The van der Waals surface area contributed by atoms with Crippen molar-refractivity contribution in [2.24, 2.45) is 5.92 Å². The molecule has 76 valence electrons. The zero-order valence-corrected chi connectivity index (χ0v) is 8.76. The molecule has 1 amide bonds. The van der Waals surface area contributed by atoms with Crippen LogP contribution in [0.1, 0.15) is 33.1 Å². The third-order valence-electron chi connectivity index (χ3n) is 2.82. The van der Waals surface area contributed by atoms with Gasteiger partial charge < -0.3 is 10.6 Å². The molecule has 1 rings (SSSR count). The highest BCUT2D eigenvalue weighted by Crippen LogP contribution is 2.24. The Morgan fingerprint density at radius 1 is 1.46 bits per heavy atom. The highest BCUT2D eigenvalue weighted by Gasteiger charge is 2.23. The van der Waals surface area contributed by atoms with Crippen LogP contribution in [0.15, 0.2) is 0 Å². The first-order valence-corrected chi connectivity index (χ1v) is 5.11. The van der Waals surface area contributed by atoms with E-state index >= 15 is 0 Å². The summed E-state index contributed by atoms with van der Waals surface area (Å²) in [6.07, 6.45) is 3.71. The normalized spacial score (nSPS) is 30.1. The van der Waals surface area contributed by atoms with Crippen LogP contribution in [0.4, 0.5) is 0 Å². The van der Waals surface area contributed by atoms with Crippen molar-refractivity contribution in [1.29, 1.82) is 0 Å². The van der Waals surface area contributed by atoms with E-state index in [1.54, 1.807) is 7.05 Å². The van der Waals surface area contributed by atoms with Gasteiger partial charge in [-0.1, -0.05) is 6.92 Å². The lowest BCUT2D eigenvalue weighted by molar-refractivity contribution is -0.122. The summed E-state index contributed by atoms with van der Waals surface area (Å²) in [6.45, 7) is 4.19. The molecule has 13 heavy (non-hydrogen) atoms. The molecule has 0 heterocycles. The molecule has 1 aliphatic carbocycles. The average Bonchev–Trinajstić information content (AvgIpc) is 2.49. The molecule has 0 radical (unpaired) electrons. The second kappa shape index (κ2) is 4.61. The van der Waals surface area contributed by atoms with Crippen molar-refractivity contribution in [2.75, 3.05) is 7.05 Å². The summed E-state index contributed by atoms with van der Waals surface area (Å²) in [7, 11) is 1.68. The van der Waals surface area contributed by atoms with E-state index in [-0.39, 0.29) is 11.9 Å².